The molecular weight excluding hydrogens is 283 g/mol. The predicted octanol–water partition coefficient (Wildman–Crippen LogP) is 3.77. The first-order valence-electron chi connectivity index (χ1n) is 6.49. The third-order valence-corrected chi connectivity index (χ3v) is 2.97. The number of nitrogen functional groups attached to an aromatic ring is 1. The molecule has 0 spiro atoms. The van der Waals surface area contributed by atoms with Crippen LogP contribution in [0.25, 0.3) is 0 Å². The van der Waals surface area contributed by atoms with E-state index < -0.39 is 11.7 Å². The molecule has 2 rings (SSSR count). The second-order valence-corrected chi connectivity index (χ2v) is 4.67. The molecule has 0 bridgehead atoms. The number of rotatable bonds is 4. The van der Waals surface area contributed by atoms with Gasteiger partial charge < -0.3 is 10.5 Å². The van der Waals surface area contributed by atoms with E-state index in [0.717, 1.165) is 18.6 Å². The van der Waals surface area contributed by atoms with Gasteiger partial charge in [0, 0.05) is 7.05 Å². The first-order chi connectivity index (χ1) is 9.82. The lowest BCUT2D eigenvalue weighted by Gasteiger charge is -2.10. The number of hydrogen-bond donors (Lipinski definition) is 1. The fraction of sp³-hybridized carbons (Fsp3) is 0.357. The number of nitrogens with two attached hydrogens (primary N) is 1. The summed E-state index contributed by atoms with van der Waals surface area (Å²) in [6, 6.07) is 4.66. The summed E-state index contributed by atoms with van der Waals surface area (Å²) >= 11 is 0. The highest BCUT2D eigenvalue weighted by Gasteiger charge is 2.30. The molecule has 0 fully saturated rings. The highest BCUT2D eigenvalue weighted by atomic mass is 19.4. The number of ether oxygens (including phenoxy) is 1. The summed E-state index contributed by atoms with van der Waals surface area (Å²) in [6.45, 7) is 1.99. The van der Waals surface area contributed by atoms with E-state index in [2.05, 4.69) is 5.10 Å². The molecule has 21 heavy (non-hydrogen) atoms. The normalized spacial score (nSPS) is 11.7. The molecule has 0 aliphatic rings. The van der Waals surface area contributed by atoms with Gasteiger partial charge in [-0.05, 0) is 24.6 Å². The minimum absolute atomic E-state index is 0.0718. The molecule has 1 aromatic heterocycles. The van der Waals surface area contributed by atoms with E-state index in [9.17, 15) is 13.2 Å². The standard InChI is InChI=1S/C14H16F3N3O/c1-3-5-11-12(18)13(20(2)19-11)21-10-7-4-6-9(8-10)14(15,16)17/h4,6-8H,3,5,18H2,1-2H3. The number of alkyl halides is 3. The molecule has 0 saturated carbocycles. The third-order valence-electron chi connectivity index (χ3n) is 2.97. The molecule has 1 heterocycles. The molecule has 2 aromatic rings. The van der Waals surface area contributed by atoms with Crippen LogP contribution in [-0.2, 0) is 19.6 Å². The van der Waals surface area contributed by atoms with Crippen molar-refractivity contribution in [3.05, 3.63) is 35.5 Å². The SMILES string of the molecule is CCCc1nn(C)c(Oc2cccc(C(F)(F)F)c2)c1N. The molecule has 0 unspecified atom stereocenters. The number of hydrogen-bond acceptors (Lipinski definition) is 3. The topological polar surface area (TPSA) is 53.1 Å². The van der Waals surface area contributed by atoms with Crippen LogP contribution in [0.5, 0.6) is 11.6 Å². The van der Waals surface area contributed by atoms with Crippen LogP contribution >= 0.6 is 0 Å². The Morgan fingerprint density at radius 2 is 2.05 bits per heavy atom. The predicted molar refractivity (Wildman–Crippen MR) is 73.1 cm³/mol. The van der Waals surface area contributed by atoms with Crippen LogP contribution in [0.1, 0.15) is 24.6 Å². The number of halogens is 3. The average Bonchev–Trinajstić information content (AvgIpc) is 2.66. The average molecular weight is 299 g/mol. The zero-order valence-electron chi connectivity index (χ0n) is 11.7. The van der Waals surface area contributed by atoms with Gasteiger partial charge in [-0.1, -0.05) is 19.4 Å². The minimum atomic E-state index is -4.41. The Hall–Kier alpha value is -2.18. The van der Waals surface area contributed by atoms with Crippen molar-refractivity contribution in [2.24, 2.45) is 7.05 Å². The highest BCUT2D eigenvalue weighted by Crippen LogP contribution is 2.34. The Bertz CT molecular complexity index is 635. The van der Waals surface area contributed by atoms with Gasteiger partial charge in [0.25, 0.3) is 0 Å². The van der Waals surface area contributed by atoms with E-state index in [-0.39, 0.29) is 11.6 Å². The van der Waals surface area contributed by atoms with Crippen LogP contribution in [-0.4, -0.2) is 9.78 Å². The Morgan fingerprint density at radius 3 is 2.67 bits per heavy atom. The lowest BCUT2D eigenvalue weighted by molar-refractivity contribution is -0.137. The smallest absolute Gasteiger partial charge is 0.416 e. The molecule has 0 saturated heterocycles. The zero-order chi connectivity index (χ0) is 15.6. The van der Waals surface area contributed by atoms with Crippen LogP contribution in [0.15, 0.2) is 24.3 Å². The summed E-state index contributed by atoms with van der Waals surface area (Å²) in [5.41, 5.74) is 6.20. The van der Waals surface area contributed by atoms with Gasteiger partial charge in [0.1, 0.15) is 11.4 Å². The van der Waals surface area contributed by atoms with Crippen molar-refractivity contribution in [3.8, 4) is 11.6 Å². The van der Waals surface area contributed by atoms with E-state index in [0.29, 0.717) is 17.8 Å². The maximum absolute atomic E-state index is 12.7. The fourth-order valence-corrected chi connectivity index (χ4v) is 1.97. The Labute approximate surface area is 120 Å². The number of anilines is 1. The van der Waals surface area contributed by atoms with Gasteiger partial charge in [0.15, 0.2) is 0 Å². The van der Waals surface area contributed by atoms with Crippen molar-refractivity contribution in [1.29, 1.82) is 0 Å². The molecule has 7 heteroatoms. The fourth-order valence-electron chi connectivity index (χ4n) is 1.97. The largest absolute Gasteiger partial charge is 0.437 e. The van der Waals surface area contributed by atoms with Crippen LogP contribution < -0.4 is 10.5 Å². The lowest BCUT2D eigenvalue weighted by atomic mass is 10.2. The van der Waals surface area contributed by atoms with Crippen molar-refractivity contribution in [2.75, 3.05) is 5.73 Å². The summed E-state index contributed by atoms with van der Waals surface area (Å²) in [5.74, 6) is 0.320. The van der Waals surface area contributed by atoms with Gasteiger partial charge in [-0.15, -0.1) is 0 Å². The van der Waals surface area contributed by atoms with Crippen molar-refractivity contribution in [3.63, 3.8) is 0 Å². The van der Waals surface area contributed by atoms with Gasteiger partial charge in [0.05, 0.1) is 11.3 Å². The summed E-state index contributed by atoms with van der Waals surface area (Å²) in [6.07, 6.45) is -2.86. The Balaban J connectivity index is 2.30. The monoisotopic (exact) mass is 299 g/mol. The summed E-state index contributed by atoms with van der Waals surface area (Å²) in [4.78, 5) is 0. The van der Waals surface area contributed by atoms with Crippen molar-refractivity contribution in [1.82, 2.24) is 9.78 Å². The maximum Gasteiger partial charge on any atom is 0.416 e. The van der Waals surface area contributed by atoms with Crippen molar-refractivity contribution < 1.29 is 17.9 Å². The third kappa shape index (κ3) is 3.29. The zero-order valence-corrected chi connectivity index (χ0v) is 11.7. The highest BCUT2D eigenvalue weighted by molar-refractivity contribution is 5.54. The quantitative estimate of drug-likeness (QED) is 0.935. The molecule has 114 valence electrons. The number of nitrogens with zero attached hydrogens (tertiary/aromatic N) is 2. The molecule has 0 aliphatic carbocycles. The van der Waals surface area contributed by atoms with Crippen LogP contribution in [0.3, 0.4) is 0 Å². The first-order valence-corrected chi connectivity index (χ1v) is 6.49. The number of benzene rings is 1. The summed E-state index contributed by atoms with van der Waals surface area (Å²) < 4.78 is 44.9. The molecule has 0 radical (unpaired) electrons. The number of aromatic nitrogens is 2. The first kappa shape index (κ1) is 15.2. The van der Waals surface area contributed by atoms with E-state index in [1.807, 2.05) is 6.92 Å². The van der Waals surface area contributed by atoms with Gasteiger partial charge in [-0.3, -0.25) is 0 Å². The minimum Gasteiger partial charge on any atom is -0.437 e. The van der Waals surface area contributed by atoms with Gasteiger partial charge in [-0.25, -0.2) is 4.68 Å². The van der Waals surface area contributed by atoms with Gasteiger partial charge in [0.2, 0.25) is 5.88 Å². The van der Waals surface area contributed by atoms with Crippen LogP contribution in [0, 0.1) is 0 Å². The molecule has 0 atom stereocenters. The van der Waals surface area contributed by atoms with Crippen molar-refractivity contribution in [2.45, 2.75) is 25.9 Å². The van der Waals surface area contributed by atoms with Crippen LogP contribution in [0.2, 0.25) is 0 Å². The molecule has 2 N–H and O–H groups in total. The van der Waals surface area contributed by atoms with Crippen molar-refractivity contribution >= 4 is 5.69 Å². The van der Waals surface area contributed by atoms with E-state index in [4.69, 9.17) is 10.5 Å². The maximum atomic E-state index is 12.7. The van der Waals surface area contributed by atoms with Gasteiger partial charge >= 0.3 is 6.18 Å². The molecule has 0 aliphatic heterocycles. The van der Waals surface area contributed by atoms with E-state index >= 15 is 0 Å². The van der Waals surface area contributed by atoms with E-state index in [1.165, 1.54) is 16.8 Å². The molecule has 4 nitrogen and oxygen atoms in total. The van der Waals surface area contributed by atoms with Gasteiger partial charge in [-0.2, -0.15) is 18.3 Å². The summed E-state index contributed by atoms with van der Waals surface area (Å²) in [7, 11) is 1.64. The Morgan fingerprint density at radius 1 is 1.33 bits per heavy atom. The Kier molecular flexibility index (Phi) is 4.11. The van der Waals surface area contributed by atoms with E-state index in [1.54, 1.807) is 7.05 Å². The molecule has 0 amide bonds. The second-order valence-electron chi connectivity index (χ2n) is 4.67. The van der Waals surface area contributed by atoms with Crippen LogP contribution in [0.4, 0.5) is 18.9 Å². The summed E-state index contributed by atoms with van der Waals surface area (Å²) in [5, 5.41) is 4.21. The number of aryl methyl sites for hydroxylation is 2. The lowest BCUT2D eigenvalue weighted by Crippen LogP contribution is -2.05. The molecule has 1 aromatic carbocycles. The molecular formula is C14H16F3N3O. The second kappa shape index (κ2) is 5.67.